The van der Waals surface area contributed by atoms with Crippen molar-refractivity contribution in [3.63, 3.8) is 0 Å². The van der Waals surface area contributed by atoms with E-state index in [4.69, 9.17) is 18.9 Å². The molecule has 156 valence electrons. The van der Waals surface area contributed by atoms with Crippen LogP contribution >= 0.6 is 0 Å². The van der Waals surface area contributed by atoms with Crippen molar-refractivity contribution in [2.24, 2.45) is 0 Å². The first-order valence-corrected chi connectivity index (χ1v) is 9.50. The van der Waals surface area contributed by atoms with E-state index in [9.17, 15) is 15.0 Å². The molecule has 1 aliphatic heterocycles. The summed E-state index contributed by atoms with van der Waals surface area (Å²) in [6.07, 6.45) is -5.57. The Hall–Kier alpha value is -2.29. The number of rotatable bonds is 8. The van der Waals surface area contributed by atoms with Crippen LogP contribution in [-0.4, -0.2) is 53.5 Å². The number of aliphatic hydroxyl groups is 2. The highest BCUT2D eigenvalue weighted by Gasteiger charge is 2.47. The standard InChI is InChI=1S/C22H26O7/c1-15(23)28-21-19(24)20(27-13-17-10-6-3-7-11-17)18(29-22(21)25)14-26-12-16-8-4-2-5-9-16/h2-11,18-22,24-25H,12-14H2,1H3/t18-,19+,20+,21-,22-/m1/s1. The molecule has 0 aromatic heterocycles. The van der Waals surface area contributed by atoms with Gasteiger partial charge in [0.1, 0.15) is 18.3 Å². The fourth-order valence-electron chi connectivity index (χ4n) is 3.20. The zero-order valence-corrected chi connectivity index (χ0v) is 16.2. The number of benzene rings is 2. The maximum Gasteiger partial charge on any atom is 0.303 e. The van der Waals surface area contributed by atoms with Gasteiger partial charge in [-0.15, -0.1) is 0 Å². The second-order valence-corrected chi connectivity index (χ2v) is 6.89. The van der Waals surface area contributed by atoms with Crippen LogP contribution in [0.5, 0.6) is 0 Å². The molecule has 1 aliphatic rings. The van der Waals surface area contributed by atoms with Gasteiger partial charge in [-0.3, -0.25) is 4.79 Å². The Labute approximate surface area is 169 Å². The molecular formula is C22H26O7. The zero-order valence-electron chi connectivity index (χ0n) is 16.2. The fourth-order valence-corrected chi connectivity index (χ4v) is 3.20. The molecule has 1 saturated heterocycles. The molecule has 0 amide bonds. The van der Waals surface area contributed by atoms with Gasteiger partial charge in [0.05, 0.1) is 19.8 Å². The summed E-state index contributed by atoms with van der Waals surface area (Å²) in [5.41, 5.74) is 1.91. The summed E-state index contributed by atoms with van der Waals surface area (Å²) in [6.45, 7) is 1.87. The Morgan fingerprint density at radius 1 is 0.931 bits per heavy atom. The van der Waals surface area contributed by atoms with Crippen molar-refractivity contribution in [1.82, 2.24) is 0 Å². The van der Waals surface area contributed by atoms with E-state index >= 15 is 0 Å². The third-order valence-electron chi connectivity index (χ3n) is 4.62. The quantitative estimate of drug-likeness (QED) is 0.650. The van der Waals surface area contributed by atoms with E-state index in [0.29, 0.717) is 6.61 Å². The van der Waals surface area contributed by atoms with Gasteiger partial charge in [0, 0.05) is 6.92 Å². The van der Waals surface area contributed by atoms with E-state index in [1.165, 1.54) is 6.92 Å². The molecule has 0 unspecified atom stereocenters. The molecule has 7 nitrogen and oxygen atoms in total. The average Bonchev–Trinajstić information content (AvgIpc) is 2.72. The van der Waals surface area contributed by atoms with Crippen LogP contribution in [0.2, 0.25) is 0 Å². The smallest absolute Gasteiger partial charge is 0.303 e. The first kappa shape index (κ1) is 21.4. The number of hydrogen-bond donors (Lipinski definition) is 2. The number of ether oxygens (including phenoxy) is 4. The third kappa shape index (κ3) is 6.09. The molecule has 7 heteroatoms. The maximum absolute atomic E-state index is 11.3. The highest BCUT2D eigenvalue weighted by molar-refractivity contribution is 5.66. The van der Waals surface area contributed by atoms with Crippen molar-refractivity contribution in [2.45, 2.75) is 50.8 Å². The van der Waals surface area contributed by atoms with Gasteiger partial charge in [0.15, 0.2) is 12.4 Å². The fraction of sp³-hybridized carbons (Fsp3) is 0.409. The second kappa shape index (κ2) is 10.5. The summed E-state index contributed by atoms with van der Waals surface area (Å²) in [4.78, 5) is 11.3. The van der Waals surface area contributed by atoms with Crippen LogP contribution in [-0.2, 0) is 37.0 Å². The van der Waals surface area contributed by atoms with Gasteiger partial charge >= 0.3 is 5.97 Å². The average molecular weight is 402 g/mol. The van der Waals surface area contributed by atoms with Gasteiger partial charge in [-0.1, -0.05) is 60.7 Å². The minimum atomic E-state index is -1.48. The topological polar surface area (TPSA) is 94.5 Å². The van der Waals surface area contributed by atoms with E-state index in [2.05, 4.69) is 0 Å². The van der Waals surface area contributed by atoms with E-state index in [1.54, 1.807) is 0 Å². The van der Waals surface area contributed by atoms with E-state index < -0.39 is 36.7 Å². The van der Waals surface area contributed by atoms with E-state index in [1.807, 2.05) is 60.7 Å². The van der Waals surface area contributed by atoms with E-state index in [0.717, 1.165) is 11.1 Å². The van der Waals surface area contributed by atoms with E-state index in [-0.39, 0.29) is 13.2 Å². The minimum Gasteiger partial charge on any atom is -0.454 e. The van der Waals surface area contributed by atoms with Gasteiger partial charge in [-0.25, -0.2) is 0 Å². The summed E-state index contributed by atoms with van der Waals surface area (Å²) in [5.74, 6) is -0.628. The lowest BCUT2D eigenvalue weighted by molar-refractivity contribution is -0.301. The van der Waals surface area contributed by atoms with Gasteiger partial charge in [-0.05, 0) is 11.1 Å². The molecule has 0 radical (unpaired) electrons. The molecule has 0 bridgehead atoms. The lowest BCUT2D eigenvalue weighted by atomic mass is 9.98. The predicted molar refractivity (Wildman–Crippen MR) is 104 cm³/mol. The molecular weight excluding hydrogens is 376 g/mol. The molecule has 5 atom stereocenters. The summed E-state index contributed by atoms with van der Waals surface area (Å²) >= 11 is 0. The largest absolute Gasteiger partial charge is 0.454 e. The lowest BCUT2D eigenvalue weighted by Gasteiger charge is -2.41. The van der Waals surface area contributed by atoms with Gasteiger partial charge < -0.3 is 29.2 Å². The molecule has 1 fully saturated rings. The van der Waals surface area contributed by atoms with Crippen LogP contribution in [0.1, 0.15) is 18.1 Å². The number of hydrogen-bond acceptors (Lipinski definition) is 7. The first-order chi connectivity index (χ1) is 14.0. The second-order valence-electron chi connectivity index (χ2n) is 6.89. The van der Waals surface area contributed by atoms with Crippen molar-refractivity contribution >= 4 is 5.97 Å². The van der Waals surface area contributed by atoms with Gasteiger partial charge in [-0.2, -0.15) is 0 Å². The summed E-state index contributed by atoms with van der Waals surface area (Å²) in [6, 6.07) is 19.1. The summed E-state index contributed by atoms with van der Waals surface area (Å²) in [5, 5.41) is 20.9. The molecule has 0 saturated carbocycles. The summed E-state index contributed by atoms with van der Waals surface area (Å²) in [7, 11) is 0. The monoisotopic (exact) mass is 402 g/mol. The number of esters is 1. The number of aliphatic hydroxyl groups excluding tert-OH is 2. The Kier molecular flexibility index (Phi) is 7.74. The van der Waals surface area contributed by atoms with Crippen LogP contribution < -0.4 is 0 Å². The van der Waals surface area contributed by atoms with Crippen LogP contribution in [0, 0.1) is 0 Å². The maximum atomic E-state index is 11.3. The highest BCUT2D eigenvalue weighted by Crippen LogP contribution is 2.26. The third-order valence-corrected chi connectivity index (χ3v) is 4.62. The van der Waals surface area contributed by atoms with Crippen LogP contribution in [0.25, 0.3) is 0 Å². The summed E-state index contributed by atoms with van der Waals surface area (Å²) < 4.78 is 22.2. The molecule has 3 rings (SSSR count). The van der Waals surface area contributed by atoms with Crippen molar-refractivity contribution in [2.75, 3.05) is 6.61 Å². The Morgan fingerprint density at radius 2 is 1.52 bits per heavy atom. The Balaban J connectivity index is 1.66. The van der Waals surface area contributed by atoms with Gasteiger partial charge in [0.2, 0.25) is 0 Å². The van der Waals surface area contributed by atoms with Crippen molar-refractivity contribution in [1.29, 1.82) is 0 Å². The van der Waals surface area contributed by atoms with Crippen molar-refractivity contribution < 1.29 is 34.0 Å². The van der Waals surface area contributed by atoms with Crippen LogP contribution in [0.3, 0.4) is 0 Å². The lowest BCUT2D eigenvalue weighted by Crippen LogP contribution is -2.60. The molecule has 29 heavy (non-hydrogen) atoms. The molecule has 1 heterocycles. The number of carbonyl (C=O) groups is 1. The van der Waals surface area contributed by atoms with Crippen LogP contribution in [0.4, 0.5) is 0 Å². The Bertz CT molecular complexity index is 752. The Morgan fingerprint density at radius 3 is 2.10 bits per heavy atom. The van der Waals surface area contributed by atoms with Crippen molar-refractivity contribution in [3.8, 4) is 0 Å². The predicted octanol–water partition coefficient (Wildman–Crippen LogP) is 1.80. The molecule has 0 aliphatic carbocycles. The minimum absolute atomic E-state index is 0.0925. The number of carbonyl (C=O) groups excluding carboxylic acids is 1. The van der Waals surface area contributed by atoms with Crippen molar-refractivity contribution in [3.05, 3.63) is 71.8 Å². The normalized spacial score (nSPS) is 26.8. The molecule has 2 aromatic rings. The molecule has 2 aromatic carbocycles. The molecule has 0 spiro atoms. The molecule has 2 N–H and O–H groups in total. The first-order valence-electron chi connectivity index (χ1n) is 9.50. The highest BCUT2D eigenvalue weighted by atomic mass is 16.7. The zero-order chi connectivity index (χ0) is 20.6. The SMILES string of the molecule is CC(=O)O[C@@H]1[C@@H](O)[C@@H](OCc2ccccc2)[C@@H](COCc2ccccc2)O[C@H]1O. The van der Waals surface area contributed by atoms with Crippen LogP contribution in [0.15, 0.2) is 60.7 Å². The van der Waals surface area contributed by atoms with Gasteiger partial charge in [0.25, 0.3) is 0 Å².